The van der Waals surface area contributed by atoms with Gasteiger partial charge in [0, 0.05) is 24.2 Å². The number of benzene rings is 4. The number of amides is 1. The molecule has 0 radical (unpaired) electrons. The highest BCUT2D eigenvalue weighted by Gasteiger charge is 2.12. The van der Waals surface area contributed by atoms with E-state index in [-0.39, 0.29) is 5.91 Å². The number of ether oxygens (including phenoxy) is 1. The molecule has 0 fully saturated rings. The van der Waals surface area contributed by atoms with Gasteiger partial charge >= 0.3 is 0 Å². The van der Waals surface area contributed by atoms with Crippen LogP contribution in [-0.4, -0.2) is 15.9 Å². The fraction of sp³-hybridized carbons (Fsp3) is 0.0370. The van der Waals surface area contributed by atoms with Crippen molar-refractivity contribution in [3.05, 3.63) is 96.0 Å². The van der Waals surface area contributed by atoms with Crippen LogP contribution in [0.4, 0.5) is 5.69 Å². The highest BCUT2D eigenvalue weighted by atomic mass is 35.5. The van der Waals surface area contributed by atoms with Crippen molar-refractivity contribution in [3.63, 3.8) is 0 Å². The monoisotopic (exact) mass is 453 g/mol. The van der Waals surface area contributed by atoms with Gasteiger partial charge in [-0.05, 0) is 41.0 Å². The molecule has 0 aliphatic heterocycles. The Morgan fingerprint density at radius 3 is 2.36 bits per heavy atom. The van der Waals surface area contributed by atoms with Crippen LogP contribution < -0.4 is 10.1 Å². The number of rotatable bonds is 5. The summed E-state index contributed by atoms with van der Waals surface area (Å²) < 4.78 is 5.87. The maximum absolute atomic E-state index is 11.3. The van der Waals surface area contributed by atoms with E-state index in [0.29, 0.717) is 22.5 Å². The number of H-pyrrole nitrogens is 1. The standard InChI is InChI=1S/C27H20ClN3O2/c1-17(32)29-21-8-5-9-22(14-21)33-27-30-25-15-23(24(28)16-26(25)31-27)20-12-10-19(11-13-20)18-6-3-2-4-7-18/h2-16H,1H3,(H,29,32)(H,30,31). The van der Waals surface area contributed by atoms with E-state index in [9.17, 15) is 4.79 Å². The first-order valence-corrected chi connectivity index (χ1v) is 10.8. The minimum Gasteiger partial charge on any atom is -0.426 e. The fourth-order valence-electron chi connectivity index (χ4n) is 3.70. The molecule has 2 N–H and O–H groups in total. The van der Waals surface area contributed by atoms with Gasteiger partial charge in [-0.2, -0.15) is 4.98 Å². The van der Waals surface area contributed by atoms with Gasteiger partial charge in [-0.25, -0.2) is 0 Å². The molecule has 1 heterocycles. The van der Waals surface area contributed by atoms with Crippen LogP contribution in [0, 0.1) is 0 Å². The molecule has 0 unspecified atom stereocenters. The lowest BCUT2D eigenvalue weighted by molar-refractivity contribution is -0.114. The van der Waals surface area contributed by atoms with E-state index in [1.54, 1.807) is 24.3 Å². The molecule has 0 atom stereocenters. The average Bonchev–Trinajstić information content (AvgIpc) is 3.20. The first kappa shape index (κ1) is 20.8. The summed E-state index contributed by atoms with van der Waals surface area (Å²) in [7, 11) is 0. The number of nitrogens with one attached hydrogen (secondary N) is 2. The normalized spacial score (nSPS) is 10.8. The van der Waals surface area contributed by atoms with E-state index >= 15 is 0 Å². The van der Waals surface area contributed by atoms with Crippen LogP contribution >= 0.6 is 11.6 Å². The summed E-state index contributed by atoms with van der Waals surface area (Å²) in [6, 6.07) is 29.8. The smallest absolute Gasteiger partial charge is 0.300 e. The molecule has 0 aliphatic carbocycles. The van der Waals surface area contributed by atoms with Gasteiger partial charge < -0.3 is 15.0 Å². The third-order valence-electron chi connectivity index (χ3n) is 5.22. The summed E-state index contributed by atoms with van der Waals surface area (Å²) in [5.41, 5.74) is 6.40. The average molecular weight is 454 g/mol. The van der Waals surface area contributed by atoms with Gasteiger partial charge in [0.1, 0.15) is 5.75 Å². The predicted molar refractivity (Wildman–Crippen MR) is 133 cm³/mol. The zero-order chi connectivity index (χ0) is 22.8. The molecule has 5 rings (SSSR count). The third-order valence-corrected chi connectivity index (χ3v) is 5.53. The maximum atomic E-state index is 11.3. The molecule has 162 valence electrons. The quantitative estimate of drug-likeness (QED) is 0.293. The van der Waals surface area contributed by atoms with Gasteiger partial charge in [-0.15, -0.1) is 0 Å². The number of hydrogen-bond donors (Lipinski definition) is 2. The molecule has 6 heteroatoms. The highest BCUT2D eigenvalue weighted by Crippen LogP contribution is 2.34. The molecule has 1 amide bonds. The van der Waals surface area contributed by atoms with Crippen LogP contribution in [0.15, 0.2) is 91.0 Å². The second-order valence-electron chi connectivity index (χ2n) is 7.65. The highest BCUT2D eigenvalue weighted by molar-refractivity contribution is 6.34. The summed E-state index contributed by atoms with van der Waals surface area (Å²) in [6.07, 6.45) is 0. The molecule has 0 saturated carbocycles. The number of aromatic nitrogens is 2. The van der Waals surface area contributed by atoms with Crippen molar-refractivity contribution in [3.8, 4) is 34.0 Å². The van der Waals surface area contributed by atoms with E-state index in [2.05, 4.69) is 51.7 Å². The maximum Gasteiger partial charge on any atom is 0.300 e. The molecule has 0 aliphatic rings. The van der Waals surface area contributed by atoms with Gasteiger partial charge in [0.2, 0.25) is 5.91 Å². The number of anilines is 1. The number of aromatic amines is 1. The topological polar surface area (TPSA) is 67.0 Å². The van der Waals surface area contributed by atoms with E-state index < -0.39 is 0 Å². The zero-order valence-electron chi connectivity index (χ0n) is 17.8. The van der Waals surface area contributed by atoms with Crippen LogP contribution in [0.5, 0.6) is 11.8 Å². The van der Waals surface area contributed by atoms with Crippen LogP contribution in [-0.2, 0) is 4.79 Å². The number of hydrogen-bond acceptors (Lipinski definition) is 3. The van der Waals surface area contributed by atoms with Crippen LogP contribution in [0.3, 0.4) is 0 Å². The van der Waals surface area contributed by atoms with Crippen LogP contribution in [0.25, 0.3) is 33.3 Å². The Morgan fingerprint density at radius 2 is 1.61 bits per heavy atom. The van der Waals surface area contributed by atoms with Crippen molar-refractivity contribution < 1.29 is 9.53 Å². The van der Waals surface area contributed by atoms with E-state index in [0.717, 1.165) is 27.7 Å². The molecule has 0 spiro atoms. The van der Waals surface area contributed by atoms with Crippen molar-refractivity contribution in [2.24, 2.45) is 0 Å². The van der Waals surface area contributed by atoms with Crippen molar-refractivity contribution in [2.75, 3.05) is 5.32 Å². The van der Waals surface area contributed by atoms with Crippen molar-refractivity contribution in [1.29, 1.82) is 0 Å². The SMILES string of the molecule is CC(=O)Nc1cccc(Oc2nc3cc(-c4ccc(-c5ccccc5)cc4)c(Cl)cc3[nH]2)c1. The van der Waals surface area contributed by atoms with Gasteiger partial charge in [-0.1, -0.05) is 72.3 Å². The number of carbonyl (C=O) groups is 1. The Bertz CT molecular complexity index is 1440. The molecule has 0 bridgehead atoms. The fourth-order valence-corrected chi connectivity index (χ4v) is 3.97. The van der Waals surface area contributed by atoms with Crippen molar-refractivity contribution >= 4 is 34.2 Å². The summed E-state index contributed by atoms with van der Waals surface area (Å²) >= 11 is 6.60. The first-order valence-electron chi connectivity index (χ1n) is 10.5. The lowest BCUT2D eigenvalue weighted by atomic mass is 10.00. The third kappa shape index (κ3) is 4.59. The lowest BCUT2D eigenvalue weighted by Crippen LogP contribution is -2.05. The number of imidazole rings is 1. The number of nitrogens with zero attached hydrogens (tertiary/aromatic N) is 1. The van der Waals surface area contributed by atoms with Crippen LogP contribution in [0.2, 0.25) is 5.02 Å². The summed E-state index contributed by atoms with van der Waals surface area (Å²) in [5.74, 6) is 0.415. The molecular weight excluding hydrogens is 434 g/mol. The second-order valence-corrected chi connectivity index (χ2v) is 8.05. The van der Waals surface area contributed by atoms with Crippen molar-refractivity contribution in [1.82, 2.24) is 9.97 Å². The molecule has 4 aromatic carbocycles. The summed E-state index contributed by atoms with van der Waals surface area (Å²) in [6.45, 7) is 1.46. The molecule has 5 aromatic rings. The minimum atomic E-state index is -0.144. The van der Waals surface area contributed by atoms with Crippen molar-refractivity contribution in [2.45, 2.75) is 6.92 Å². The molecule has 0 saturated heterocycles. The molecule has 33 heavy (non-hydrogen) atoms. The lowest BCUT2D eigenvalue weighted by Gasteiger charge is -2.07. The Kier molecular flexibility index (Phi) is 5.55. The predicted octanol–water partition coefficient (Wildman–Crippen LogP) is 7.30. The Balaban J connectivity index is 1.42. The van der Waals surface area contributed by atoms with E-state index in [1.807, 2.05) is 30.3 Å². The largest absolute Gasteiger partial charge is 0.426 e. The Labute approximate surface area is 196 Å². The van der Waals surface area contributed by atoms with Gasteiger partial charge in [0.25, 0.3) is 6.01 Å². The molecule has 1 aromatic heterocycles. The van der Waals surface area contributed by atoms with E-state index in [1.165, 1.54) is 12.5 Å². The minimum absolute atomic E-state index is 0.144. The van der Waals surface area contributed by atoms with Gasteiger partial charge in [0.15, 0.2) is 0 Å². The van der Waals surface area contributed by atoms with Gasteiger partial charge in [0.05, 0.1) is 16.1 Å². The zero-order valence-corrected chi connectivity index (χ0v) is 18.6. The molecular formula is C27H20ClN3O2. The summed E-state index contributed by atoms with van der Waals surface area (Å²) in [5, 5.41) is 3.36. The van der Waals surface area contributed by atoms with Crippen LogP contribution in [0.1, 0.15) is 6.92 Å². The number of carbonyl (C=O) groups excluding carboxylic acids is 1. The summed E-state index contributed by atoms with van der Waals surface area (Å²) in [4.78, 5) is 19.0. The molecule has 5 nitrogen and oxygen atoms in total. The van der Waals surface area contributed by atoms with Gasteiger partial charge in [-0.3, -0.25) is 4.79 Å². The second kappa shape index (κ2) is 8.81. The first-order chi connectivity index (χ1) is 16.0. The van der Waals surface area contributed by atoms with E-state index in [4.69, 9.17) is 16.3 Å². The number of halogens is 1. The number of fused-ring (bicyclic) bond motifs is 1. The Hall–Kier alpha value is -4.09. The Morgan fingerprint density at radius 1 is 0.879 bits per heavy atom.